The van der Waals surface area contributed by atoms with E-state index in [-0.39, 0.29) is 0 Å². The zero-order valence-corrected chi connectivity index (χ0v) is 28.7. The van der Waals surface area contributed by atoms with Crippen LogP contribution in [0.25, 0.3) is 87.7 Å². The molecular weight excluding hydrogens is 647 g/mol. The molecule has 0 aliphatic carbocycles. The van der Waals surface area contributed by atoms with Crippen molar-refractivity contribution >= 4 is 82.5 Å². The molecule has 0 amide bonds. The van der Waals surface area contributed by atoms with Crippen molar-refractivity contribution in [2.45, 2.75) is 0 Å². The molecular formula is C50H31NO2. The Labute approximate surface area is 305 Å². The van der Waals surface area contributed by atoms with Gasteiger partial charge in [0.25, 0.3) is 0 Å². The minimum atomic E-state index is 0.852. The first-order chi connectivity index (χ1) is 26.3. The fourth-order valence-corrected chi connectivity index (χ4v) is 8.14. The average Bonchev–Trinajstić information content (AvgIpc) is 3.81. The molecule has 0 atom stereocenters. The van der Waals surface area contributed by atoms with E-state index in [4.69, 9.17) is 8.83 Å². The highest BCUT2D eigenvalue weighted by molar-refractivity contribution is 6.19. The van der Waals surface area contributed by atoms with E-state index in [1.54, 1.807) is 0 Å². The maximum atomic E-state index is 6.66. The SMILES string of the molecule is c1cc(-c2ccc3ccccc3c2)cc(N(c2cccc(-c3cccc4oc5c6ccccc6ccc5c34)c2)c2cccc3c2oc2ccccc23)c1. The molecule has 0 aliphatic heterocycles. The third-order valence-corrected chi connectivity index (χ3v) is 10.6. The molecule has 3 nitrogen and oxygen atoms in total. The summed E-state index contributed by atoms with van der Waals surface area (Å²) in [5, 5.41) is 9.18. The zero-order chi connectivity index (χ0) is 34.9. The third-order valence-electron chi connectivity index (χ3n) is 10.6. The van der Waals surface area contributed by atoms with Gasteiger partial charge in [0.05, 0.1) is 5.69 Å². The molecule has 0 aliphatic rings. The molecule has 0 saturated heterocycles. The van der Waals surface area contributed by atoms with E-state index in [1.807, 2.05) is 12.1 Å². The second-order valence-electron chi connectivity index (χ2n) is 13.7. The number of hydrogen-bond acceptors (Lipinski definition) is 3. The van der Waals surface area contributed by atoms with Gasteiger partial charge in [0.1, 0.15) is 16.7 Å². The summed E-state index contributed by atoms with van der Waals surface area (Å²) >= 11 is 0. The summed E-state index contributed by atoms with van der Waals surface area (Å²) < 4.78 is 13.2. The summed E-state index contributed by atoms with van der Waals surface area (Å²) in [6.07, 6.45) is 0. The number of para-hydroxylation sites is 2. The number of nitrogens with zero attached hydrogens (tertiary/aromatic N) is 1. The van der Waals surface area contributed by atoms with Crippen LogP contribution in [0.5, 0.6) is 0 Å². The van der Waals surface area contributed by atoms with Crippen LogP contribution in [0.1, 0.15) is 0 Å². The molecule has 53 heavy (non-hydrogen) atoms. The molecule has 9 aromatic carbocycles. The Morgan fingerprint density at radius 3 is 1.85 bits per heavy atom. The van der Waals surface area contributed by atoms with Gasteiger partial charge in [0, 0.05) is 38.3 Å². The lowest BCUT2D eigenvalue weighted by Gasteiger charge is -2.26. The zero-order valence-electron chi connectivity index (χ0n) is 28.7. The predicted octanol–water partition coefficient (Wildman–Crippen LogP) is 14.6. The molecule has 0 radical (unpaired) electrons. The van der Waals surface area contributed by atoms with Crippen molar-refractivity contribution in [2.24, 2.45) is 0 Å². The van der Waals surface area contributed by atoms with Crippen LogP contribution in [0.3, 0.4) is 0 Å². The smallest absolute Gasteiger partial charge is 0.159 e. The first kappa shape index (κ1) is 29.6. The van der Waals surface area contributed by atoms with Crippen molar-refractivity contribution in [1.82, 2.24) is 0 Å². The number of rotatable bonds is 5. The monoisotopic (exact) mass is 677 g/mol. The van der Waals surface area contributed by atoms with E-state index < -0.39 is 0 Å². The molecule has 3 heteroatoms. The van der Waals surface area contributed by atoms with E-state index in [0.717, 1.165) is 83.0 Å². The number of hydrogen-bond donors (Lipinski definition) is 0. The maximum Gasteiger partial charge on any atom is 0.159 e. The summed E-state index contributed by atoms with van der Waals surface area (Å²) in [6, 6.07) is 66.8. The maximum absolute atomic E-state index is 6.66. The molecule has 11 rings (SSSR count). The predicted molar refractivity (Wildman–Crippen MR) is 222 cm³/mol. The molecule has 2 aromatic heterocycles. The van der Waals surface area contributed by atoms with Crippen LogP contribution in [-0.4, -0.2) is 0 Å². The van der Waals surface area contributed by atoms with Crippen LogP contribution in [0.4, 0.5) is 17.1 Å². The Hall–Kier alpha value is -7.10. The van der Waals surface area contributed by atoms with Crippen LogP contribution >= 0.6 is 0 Å². The van der Waals surface area contributed by atoms with Crippen molar-refractivity contribution in [3.8, 4) is 22.3 Å². The molecule has 0 N–H and O–H groups in total. The van der Waals surface area contributed by atoms with Gasteiger partial charge in [-0.1, -0.05) is 133 Å². The fraction of sp³-hybridized carbons (Fsp3) is 0. The normalized spacial score (nSPS) is 11.8. The Morgan fingerprint density at radius 1 is 0.340 bits per heavy atom. The minimum absolute atomic E-state index is 0.852. The molecule has 0 bridgehead atoms. The van der Waals surface area contributed by atoms with Gasteiger partial charge < -0.3 is 13.7 Å². The summed E-state index contributed by atoms with van der Waals surface area (Å²) in [5.74, 6) is 0. The average molecular weight is 678 g/mol. The van der Waals surface area contributed by atoms with Gasteiger partial charge >= 0.3 is 0 Å². The number of benzene rings is 9. The first-order valence-corrected chi connectivity index (χ1v) is 18.0. The standard InChI is InChI=1S/C50H31NO2/c1-2-13-34-29-36(26-25-32(34)11-1)35-14-7-16-38(30-35)51(45-22-9-21-43-42-19-5-6-23-46(42)52-50(43)45)39-17-8-15-37(31-39)40-20-10-24-47-48(40)44-28-27-33-12-3-4-18-41(33)49(44)53-47/h1-31H. The molecule has 0 saturated carbocycles. The second-order valence-corrected chi connectivity index (χ2v) is 13.7. The van der Waals surface area contributed by atoms with Gasteiger partial charge in [0.2, 0.25) is 0 Å². The van der Waals surface area contributed by atoms with E-state index in [2.05, 4.69) is 181 Å². The lowest BCUT2D eigenvalue weighted by atomic mass is 9.97. The third kappa shape index (κ3) is 4.75. The Morgan fingerprint density at radius 2 is 0.962 bits per heavy atom. The van der Waals surface area contributed by atoms with Gasteiger partial charge in [-0.05, 0) is 93.0 Å². The molecule has 2 heterocycles. The summed E-state index contributed by atoms with van der Waals surface area (Å²) in [5.41, 5.74) is 11.1. The number of furan rings is 2. The fourth-order valence-electron chi connectivity index (χ4n) is 8.14. The summed E-state index contributed by atoms with van der Waals surface area (Å²) in [7, 11) is 0. The van der Waals surface area contributed by atoms with Crippen molar-refractivity contribution in [3.05, 3.63) is 188 Å². The van der Waals surface area contributed by atoms with Crippen molar-refractivity contribution in [2.75, 3.05) is 4.90 Å². The van der Waals surface area contributed by atoms with E-state index in [9.17, 15) is 0 Å². The summed E-state index contributed by atoms with van der Waals surface area (Å²) in [4.78, 5) is 2.33. The molecule has 11 aromatic rings. The Bertz CT molecular complexity index is 3200. The van der Waals surface area contributed by atoms with Gasteiger partial charge in [-0.2, -0.15) is 0 Å². The van der Waals surface area contributed by atoms with E-state index in [0.29, 0.717) is 0 Å². The topological polar surface area (TPSA) is 29.5 Å². The highest BCUT2D eigenvalue weighted by atomic mass is 16.3. The molecule has 0 spiro atoms. The highest BCUT2D eigenvalue weighted by Gasteiger charge is 2.21. The highest BCUT2D eigenvalue weighted by Crippen LogP contribution is 2.45. The number of fused-ring (bicyclic) bond motifs is 9. The van der Waals surface area contributed by atoms with Crippen LogP contribution < -0.4 is 4.90 Å². The first-order valence-electron chi connectivity index (χ1n) is 18.0. The quantitative estimate of drug-likeness (QED) is 0.182. The number of anilines is 3. The van der Waals surface area contributed by atoms with Crippen LogP contribution in [0.2, 0.25) is 0 Å². The van der Waals surface area contributed by atoms with Gasteiger partial charge in [-0.25, -0.2) is 0 Å². The van der Waals surface area contributed by atoms with Gasteiger partial charge in [0.15, 0.2) is 5.58 Å². The Kier molecular flexibility index (Phi) is 6.55. The lowest BCUT2D eigenvalue weighted by molar-refractivity contribution is 0.669. The molecule has 248 valence electrons. The second kappa shape index (κ2) is 11.7. The van der Waals surface area contributed by atoms with Crippen molar-refractivity contribution in [1.29, 1.82) is 0 Å². The van der Waals surface area contributed by atoms with E-state index >= 15 is 0 Å². The van der Waals surface area contributed by atoms with Crippen LogP contribution in [-0.2, 0) is 0 Å². The lowest BCUT2D eigenvalue weighted by Crippen LogP contribution is -2.10. The molecule has 0 fully saturated rings. The van der Waals surface area contributed by atoms with Gasteiger partial charge in [-0.15, -0.1) is 0 Å². The summed E-state index contributed by atoms with van der Waals surface area (Å²) in [6.45, 7) is 0. The van der Waals surface area contributed by atoms with Gasteiger partial charge in [-0.3, -0.25) is 0 Å². The molecule has 0 unspecified atom stereocenters. The van der Waals surface area contributed by atoms with Crippen LogP contribution in [0, 0.1) is 0 Å². The van der Waals surface area contributed by atoms with Crippen molar-refractivity contribution in [3.63, 3.8) is 0 Å². The van der Waals surface area contributed by atoms with Crippen molar-refractivity contribution < 1.29 is 8.83 Å². The Balaban J connectivity index is 1.13. The largest absolute Gasteiger partial charge is 0.455 e. The van der Waals surface area contributed by atoms with Crippen LogP contribution in [0.15, 0.2) is 197 Å². The minimum Gasteiger partial charge on any atom is -0.455 e. The van der Waals surface area contributed by atoms with E-state index in [1.165, 1.54) is 21.7 Å².